The molecule has 0 spiro atoms. The van der Waals surface area contributed by atoms with Crippen molar-refractivity contribution in [3.63, 3.8) is 0 Å². The Morgan fingerprint density at radius 1 is 1.19 bits per heavy atom. The van der Waals surface area contributed by atoms with Gasteiger partial charge < -0.3 is 0 Å². The molecule has 0 amide bonds. The number of nitriles is 1. The summed E-state index contributed by atoms with van der Waals surface area (Å²) in [5, 5.41) is 9.01. The van der Waals surface area contributed by atoms with E-state index in [1.54, 1.807) is 23.4 Å². The molecule has 0 saturated heterocycles. The summed E-state index contributed by atoms with van der Waals surface area (Å²) in [6.07, 6.45) is 4.53. The standard InChI is InChI=1S/C16H20N2O2S/c1-12-2-3-15(9-17)8-16(12)21(19,20)18(10-13-4-5-13)11-14-6-7-14/h2-3,8,13-14H,4-7,10-11H2,1H3. The third-order valence-corrected chi connectivity index (χ3v) is 6.23. The number of benzene rings is 1. The molecule has 2 aliphatic rings. The fourth-order valence-electron chi connectivity index (χ4n) is 2.53. The van der Waals surface area contributed by atoms with Crippen LogP contribution in [0.3, 0.4) is 0 Å². The topological polar surface area (TPSA) is 61.2 Å². The lowest BCUT2D eigenvalue weighted by Crippen LogP contribution is -2.35. The second kappa shape index (κ2) is 5.43. The molecule has 1 aromatic carbocycles. The van der Waals surface area contributed by atoms with Gasteiger partial charge in [0.1, 0.15) is 0 Å². The lowest BCUT2D eigenvalue weighted by Gasteiger charge is -2.23. The van der Waals surface area contributed by atoms with Crippen LogP contribution >= 0.6 is 0 Å². The van der Waals surface area contributed by atoms with Crippen molar-refractivity contribution < 1.29 is 8.42 Å². The van der Waals surface area contributed by atoms with Crippen molar-refractivity contribution in [1.29, 1.82) is 5.26 Å². The molecule has 0 N–H and O–H groups in total. The van der Waals surface area contributed by atoms with Crippen LogP contribution in [0.15, 0.2) is 23.1 Å². The molecule has 2 saturated carbocycles. The minimum atomic E-state index is -3.49. The summed E-state index contributed by atoms with van der Waals surface area (Å²) < 4.78 is 27.6. The molecule has 3 rings (SSSR count). The van der Waals surface area contributed by atoms with Gasteiger partial charge >= 0.3 is 0 Å². The van der Waals surface area contributed by atoms with E-state index < -0.39 is 10.0 Å². The summed E-state index contributed by atoms with van der Waals surface area (Å²) >= 11 is 0. The minimum absolute atomic E-state index is 0.294. The molecular formula is C16H20N2O2S. The van der Waals surface area contributed by atoms with Crippen molar-refractivity contribution in [2.45, 2.75) is 37.5 Å². The molecule has 2 fully saturated rings. The van der Waals surface area contributed by atoms with Gasteiger partial charge in [-0.2, -0.15) is 9.57 Å². The van der Waals surface area contributed by atoms with Crippen LogP contribution in [0.1, 0.15) is 36.8 Å². The van der Waals surface area contributed by atoms with Crippen LogP contribution in [-0.4, -0.2) is 25.8 Å². The van der Waals surface area contributed by atoms with Crippen LogP contribution in [0.25, 0.3) is 0 Å². The molecule has 0 bridgehead atoms. The summed E-state index contributed by atoms with van der Waals surface area (Å²) in [6, 6.07) is 6.93. The van der Waals surface area contributed by atoms with E-state index in [-0.39, 0.29) is 0 Å². The van der Waals surface area contributed by atoms with Crippen LogP contribution < -0.4 is 0 Å². The molecule has 0 aliphatic heterocycles. The third-order valence-electron chi connectivity index (χ3n) is 4.25. The van der Waals surface area contributed by atoms with Crippen LogP contribution in [0.4, 0.5) is 0 Å². The molecule has 2 aliphatic carbocycles. The highest BCUT2D eigenvalue weighted by molar-refractivity contribution is 7.89. The first-order chi connectivity index (χ1) is 10.0. The fourth-order valence-corrected chi connectivity index (χ4v) is 4.38. The first-order valence-electron chi connectivity index (χ1n) is 7.51. The predicted molar refractivity (Wildman–Crippen MR) is 80.1 cm³/mol. The van der Waals surface area contributed by atoms with Gasteiger partial charge in [0.05, 0.1) is 16.5 Å². The van der Waals surface area contributed by atoms with E-state index in [1.165, 1.54) is 6.07 Å². The maximum Gasteiger partial charge on any atom is 0.243 e. The second-order valence-electron chi connectivity index (χ2n) is 6.30. The fraction of sp³-hybridized carbons (Fsp3) is 0.562. The molecule has 0 heterocycles. The highest BCUT2D eigenvalue weighted by atomic mass is 32.2. The summed E-state index contributed by atoms with van der Waals surface area (Å²) in [5.74, 6) is 1.05. The average Bonchev–Trinajstić information content (AvgIpc) is 3.33. The number of sulfonamides is 1. The van der Waals surface area contributed by atoms with Gasteiger partial charge in [0.15, 0.2) is 0 Å². The summed E-state index contributed by atoms with van der Waals surface area (Å²) in [6.45, 7) is 3.06. The van der Waals surface area contributed by atoms with E-state index in [2.05, 4.69) is 0 Å². The number of nitrogens with zero attached hydrogens (tertiary/aromatic N) is 2. The maximum atomic E-state index is 13.0. The lowest BCUT2D eigenvalue weighted by molar-refractivity contribution is 0.382. The van der Waals surface area contributed by atoms with Crippen molar-refractivity contribution in [3.05, 3.63) is 29.3 Å². The van der Waals surface area contributed by atoms with Crippen molar-refractivity contribution in [3.8, 4) is 6.07 Å². The van der Waals surface area contributed by atoms with E-state index in [9.17, 15) is 8.42 Å². The van der Waals surface area contributed by atoms with E-state index in [0.29, 0.717) is 40.9 Å². The summed E-state index contributed by atoms with van der Waals surface area (Å²) in [7, 11) is -3.49. The van der Waals surface area contributed by atoms with Gasteiger partial charge in [0.25, 0.3) is 0 Å². The van der Waals surface area contributed by atoms with Gasteiger partial charge in [-0.1, -0.05) is 6.07 Å². The Hall–Kier alpha value is -1.38. The summed E-state index contributed by atoms with van der Waals surface area (Å²) in [4.78, 5) is 0.294. The largest absolute Gasteiger partial charge is 0.243 e. The molecule has 5 heteroatoms. The van der Waals surface area contributed by atoms with E-state index in [4.69, 9.17) is 5.26 Å². The molecule has 112 valence electrons. The zero-order valence-electron chi connectivity index (χ0n) is 12.2. The maximum absolute atomic E-state index is 13.0. The van der Waals surface area contributed by atoms with E-state index in [0.717, 1.165) is 25.7 Å². The van der Waals surface area contributed by atoms with Crippen LogP contribution in [0, 0.1) is 30.1 Å². The Morgan fingerprint density at radius 3 is 2.24 bits per heavy atom. The molecule has 21 heavy (non-hydrogen) atoms. The minimum Gasteiger partial charge on any atom is -0.207 e. The number of hydrogen-bond acceptors (Lipinski definition) is 3. The zero-order valence-corrected chi connectivity index (χ0v) is 13.1. The highest BCUT2D eigenvalue weighted by Crippen LogP contribution is 2.36. The molecule has 0 radical (unpaired) electrons. The molecule has 0 atom stereocenters. The van der Waals surface area contributed by atoms with Crippen LogP contribution in [0.5, 0.6) is 0 Å². The molecule has 1 aromatic rings. The van der Waals surface area contributed by atoms with Crippen LogP contribution in [-0.2, 0) is 10.0 Å². The molecular weight excluding hydrogens is 284 g/mol. The quantitative estimate of drug-likeness (QED) is 0.811. The van der Waals surface area contributed by atoms with Gasteiger partial charge in [-0.05, 0) is 62.1 Å². The molecule has 4 nitrogen and oxygen atoms in total. The predicted octanol–water partition coefficient (Wildman–Crippen LogP) is 2.68. The molecule has 0 aromatic heterocycles. The summed E-state index contributed by atoms with van der Waals surface area (Å²) in [5.41, 5.74) is 1.11. The zero-order chi connectivity index (χ0) is 15.0. The molecule has 0 unspecified atom stereocenters. The SMILES string of the molecule is Cc1ccc(C#N)cc1S(=O)(=O)N(CC1CC1)CC1CC1. The third kappa shape index (κ3) is 3.28. The van der Waals surface area contributed by atoms with Gasteiger partial charge in [-0.15, -0.1) is 0 Å². The Morgan fingerprint density at radius 2 is 1.76 bits per heavy atom. The second-order valence-corrected chi connectivity index (χ2v) is 8.21. The Balaban J connectivity index is 1.93. The smallest absolute Gasteiger partial charge is 0.207 e. The number of hydrogen-bond donors (Lipinski definition) is 0. The van der Waals surface area contributed by atoms with Crippen molar-refractivity contribution in [1.82, 2.24) is 4.31 Å². The normalized spacial score (nSPS) is 18.7. The first kappa shape index (κ1) is 14.6. The lowest BCUT2D eigenvalue weighted by atomic mass is 10.2. The van der Waals surface area contributed by atoms with Gasteiger partial charge in [-0.25, -0.2) is 8.42 Å². The Kier molecular flexibility index (Phi) is 3.76. The van der Waals surface area contributed by atoms with Crippen molar-refractivity contribution in [2.75, 3.05) is 13.1 Å². The van der Waals surface area contributed by atoms with E-state index >= 15 is 0 Å². The van der Waals surface area contributed by atoms with Gasteiger partial charge in [0, 0.05) is 13.1 Å². The first-order valence-corrected chi connectivity index (χ1v) is 8.95. The van der Waals surface area contributed by atoms with E-state index in [1.807, 2.05) is 6.07 Å². The monoisotopic (exact) mass is 304 g/mol. The number of rotatable bonds is 6. The Labute approximate surface area is 126 Å². The van der Waals surface area contributed by atoms with Crippen LogP contribution in [0.2, 0.25) is 0 Å². The van der Waals surface area contributed by atoms with Gasteiger partial charge in [0.2, 0.25) is 10.0 Å². The van der Waals surface area contributed by atoms with Gasteiger partial charge in [-0.3, -0.25) is 0 Å². The number of aryl methyl sites for hydroxylation is 1. The van der Waals surface area contributed by atoms with Crippen molar-refractivity contribution >= 4 is 10.0 Å². The van der Waals surface area contributed by atoms with Crippen molar-refractivity contribution in [2.24, 2.45) is 11.8 Å². The Bertz CT molecular complexity index is 669. The average molecular weight is 304 g/mol. The highest BCUT2D eigenvalue weighted by Gasteiger charge is 2.36.